The van der Waals surface area contributed by atoms with Gasteiger partial charge >= 0.3 is 5.97 Å². The molecule has 0 aromatic carbocycles. The van der Waals surface area contributed by atoms with Gasteiger partial charge in [0.2, 0.25) is 0 Å². The van der Waals surface area contributed by atoms with E-state index < -0.39 is 0 Å². The van der Waals surface area contributed by atoms with Crippen LogP contribution in [0.25, 0.3) is 0 Å². The Hall–Kier alpha value is -0.570. The maximum absolute atomic E-state index is 11.1. The molecule has 1 heterocycles. The molecule has 3 nitrogen and oxygen atoms in total. The van der Waals surface area contributed by atoms with E-state index in [1.165, 1.54) is 0 Å². The lowest BCUT2D eigenvalue weighted by atomic mass is 10.1. The fraction of sp³-hybridized carbons (Fsp3) is 0.889. The second-order valence-corrected chi connectivity index (χ2v) is 3.19. The van der Waals surface area contributed by atoms with Crippen LogP contribution >= 0.6 is 0 Å². The molecule has 0 aromatic rings. The Morgan fingerprint density at radius 3 is 2.75 bits per heavy atom. The van der Waals surface area contributed by atoms with E-state index in [4.69, 9.17) is 4.74 Å². The van der Waals surface area contributed by atoms with Gasteiger partial charge in [-0.15, -0.1) is 0 Å². The SMILES string of the molecule is CCCC(=O)OC1CCNCC1. The average molecular weight is 171 g/mol. The normalized spacial score (nSPS) is 19.1. The summed E-state index contributed by atoms with van der Waals surface area (Å²) in [6.07, 6.45) is 3.55. The van der Waals surface area contributed by atoms with Gasteiger partial charge in [0.1, 0.15) is 6.10 Å². The summed E-state index contributed by atoms with van der Waals surface area (Å²) in [6, 6.07) is 0. The molecule has 0 unspecified atom stereocenters. The number of nitrogens with one attached hydrogen (secondary N) is 1. The van der Waals surface area contributed by atoms with Crippen LogP contribution in [-0.4, -0.2) is 25.2 Å². The predicted octanol–water partition coefficient (Wildman–Crippen LogP) is 1.08. The first-order valence-corrected chi connectivity index (χ1v) is 4.73. The van der Waals surface area contributed by atoms with Crippen molar-refractivity contribution in [3.8, 4) is 0 Å². The molecule has 0 saturated carbocycles. The van der Waals surface area contributed by atoms with Gasteiger partial charge in [-0.1, -0.05) is 6.92 Å². The second kappa shape index (κ2) is 5.14. The van der Waals surface area contributed by atoms with Crippen molar-refractivity contribution in [2.75, 3.05) is 13.1 Å². The molecule has 70 valence electrons. The summed E-state index contributed by atoms with van der Waals surface area (Å²) in [5.74, 6) is -0.0376. The Morgan fingerprint density at radius 1 is 1.50 bits per heavy atom. The van der Waals surface area contributed by atoms with Crippen molar-refractivity contribution in [3.05, 3.63) is 0 Å². The van der Waals surface area contributed by atoms with E-state index in [1.807, 2.05) is 6.92 Å². The largest absolute Gasteiger partial charge is 0.462 e. The molecule has 0 radical (unpaired) electrons. The number of ether oxygens (including phenoxy) is 1. The molecule has 0 amide bonds. The van der Waals surface area contributed by atoms with Gasteiger partial charge in [-0.3, -0.25) is 4.79 Å². The molecule has 0 aliphatic carbocycles. The lowest BCUT2D eigenvalue weighted by Crippen LogP contribution is -2.33. The van der Waals surface area contributed by atoms with Crippen molar-refractivity contribution in [3.63, 3.8) is 0 Å². The molecular formula is C9H17NO2. The summed E-state index contributed by atoms with van der Waals surface area (Å²) in [4.78, 5) is 11.1. The van der Waals surface area contributed by atoms with Gasteiger partial charge in [-0.05, 0) is 32.4 Å². The highest BCUT2D eigenvalue weighted by molar-refractivity contribution is 5.69. The number of carbonyl (C=O) groups is 1. The van der Waals surface area contributed by atoms with Gasteiger partial charge in [0.25, 0.3) is 0 Å². The van der Waals surface area contributed by atoms with Crippen molar-refractivity contribution in [1.82, 2.24) is 5.32 Å². The molecule has 1 fully saturated rings. The van der Waals surface area contributed by atoms with Gasteiger partial charge in [0, 0.05) is 6.42 Å². The van der Waals surface area contributed by atoms with Crippen molar-refractivity contribution in [2.24, 2.45) is 0 Å². The van der Waals surface area contributed by atoms with Crippen LogP contribution in [0.1, 0.15) is 32.6 Å². The van der Waals surface area contributed by atoms with E-state index in [-0.39, 0.29) is 12.1 Å². The van der Waals surface area contributed by atoms with Gasteiger partial charge in [-0.25, -0.2) is 0 Å². The summed E-state index contributed by atoms with van der Waals surface area (Å²) < 4.78 is 5.25. The maximum atomic E-state index is 11.1. The lowest BCUT2D eigenvalue weighted by Gasteiger charge is -2.22. The van der Waals surface area contributed by atoms with Crippen LogP contribution in [0.15, 0.2) is 0 Å². The number of carbonyl (C=O) groups excluding carboxylic acids is 1. The van der Waals surface area contributed by atoms with Gasteiger partial charge in [0.05, 0.1) is 0 Å². The van der Waals surface area contributed by atoms with Crippen molar-refractivity contribution in [2.45, 2.75) is 38.7 Å². The molecule has 12 heavy (non-hydrogen) atoms. The van der Waals surface area contributed by atoms with Crippen LogP contribution in [0.5, 0.6) is 0 Å². The summed E-state index contributed by atoms with van der Waals surface area (Å²) in [7, 11) is 0. The number of hydrogen-bond acceptors (Lipinski definition) is 3. The molecule has 0 atom stereocenters. The van der Waals surface area contributed by atoms with E-state index >= 15 is 0 Å². The Labute approximate surface area is 73.5 Å². The van der Waals surface area contributed by atoms with E-state index in [0.29, 0.717) is 6.42 Å². The van der Waals surface area contributed by atoms with Crippen LogP contribution in [0, 0.1) is 0 Å². The highest BCUT2D eigenvalue weighted by atomic mass is 16.5. The third kappa shape index (κ3) is 3.22. The standard InChI is InChI=1S/C9H17NO2/c1-2-3-9(11)12-8-4-6-10-7-5-8/h8,10H,2-7H2,1H3. The molecule has 0 bridgehead atoms. The maximum Gasteiger partial charge on any atom is 0.306 e. The van der Waals surface area contributed by atoms with Crippen molar-refractivity contribution >= 4 is 5.97 Å². The Bertz CT molecular complexity index is 141. The molecule has 3 heteroatoms. The van der Waals surface area contributed by atoms with Gasteiger partial charge < -0.3 is 10.1 Å². The Morgan fingerprint density at radius 2 is 2.17 bits per heavy atom. The zero-order valence-electron chi connectivity index (χ0n) is 7.64. The smallest absolute Gasteiger partial charge is 0.306 e. The van der Waals surface area contributed by atoms with Crippen LogP contribution in [0.4, 0.5) is 0 Å². The summed E-state index contributed by atoms with van der Waals surface area (Å²) in [5.41, 5.74) is 0. The third-order valence-electron chi connectivity index (χ3n) is 2.04. The van der Waals surface area contributed by atoms with Crippen LogP contribution < -0.4 is 5.32 Å². The minimum atomic E-state index is -0.0376. The van der Waals surface area contributed by atoms with Crippen LogP contribution in [0.3, 0.4) is 0 Å². The minimum Gasteiger partial charge on any atom is -0.462 e. The van der Waals surface area contributed by atoms with Crippen molar-refractivity contribution < 1.29 is 9.53 Å². The zero-order chi connectivity index (χ0) is 8.81. The molecule has 1 aliphatic rings. The summed E-state index contributed by atoms with van der Waals surface area (Å²) >= 11 is 0. The number of rotatable bonds is 3. The minimum absolute atomic E-state index is 0.0376. The highest BCUT2D eigenvalue weighted by Crippen LogP contribution is 2.08. The fourth-order valence-electron chi connectivity index (χ4n) is 1.36. The predicted molar refractivity (Wildman–Crippen MR) is 46.9 cm³/mol. The lowest BCUT2D eigenvalue weighted by molar-refractivity contribution is -0.150. The van der Waals surface area contributed by atoms with E-state index in [9.17, 15) is 4.79 Å². The van der Waals surface area contributed by atoms with E-state index in [1.54, 1.807) is 0 Å². The van der Waals surface area contributed by atoms with Gasteiger partial charge in [0.15, 0.2) is 0 Å². The zero-order valence-corrected chi connectivity index (χ0v) is 7.64. The van der Waals surface area contributed by atoms with E-state index in [0.717, 1.165) is 32.4 Å². The summed E-state index contributed by atoms with van der Waals surface area (Å²) in [6.45, 7) is 3.94. The topological polar surface area (TPSA) is 38.3 Å². The highest BCUT2D eigenvalue weighted by Gasteiger charge is 2.16. The third-order valence-corrected chi connectivity index (χ3v) is 2.04. The molecular weight excluding hydrogens is 154 g/mol. The first-order chi connectivity index (χ1) is 5.83. The number of esters is 1. The molecule has 0 spiro atoms. The molecule has 1 aliphatic heterocycles. The fourth-order valence-corrected chi connectivity index (χ4v) is 1.36. The Balaban J connectivity index is 2.15. The first-order valence-electron chi connectivity index (χ1n) is 4.73. The van der Waals surface area contributed by atoms with Crippen molar-refractivity contribution in [1.29, 1.82) is 0 Å². The quantitative estimate of drug-likeness (QED) is 0.646. The molecule has 1 saturated heterocycles. The number of piperidine rings is 1. The second-order valence-electron chi connectivity index (χ2n) is 3.19. The molecule has 1 rings (SSSR count). The molecule has 1 N–H and O–H groups in total. The van der Waals surface area contributed by atoms with Crippen LogP contribution in [0.2, 0.25) is 0 Å². The molecule has 0 aromatic heterocycles. The Kier molecular flexibility index (Phi) is 4.08. The van der Waals surface area contributed by atoms with Gasteiger partial charge in [-0.2, -0.15) is 0 Å². The first kappa shape index (κ1) is 9.52. The summed E-state index contributed by atoms with van der Waals surface area (Å²) in [5, 5.41) is 3.23. The van der Waals surface area contributed by atoms with E-state index in [2.05, 4.69) is 5.32 Å². The number of hydrogen-bond donors (Lipinski definition) is 1. The monoisotopic (exact) mass is 171 g/mol. The average Bonchev–Trinajstić information content (AvgIpc) is 2.06. The van der Waals surface area contributed by atoms with Crippen LogP contribution in [-0.2, 0) is 9.53 Å².